The van der Waals surface area contributed by atoms with Gasteiger partial charge >= 0.3 is 16.5 Å². The molecule has 0 aromatic rings. The van der Waals surface area contributed by atoms with Gasteiger partial charge in [-0.2, -0.15) is 11.1 Å². The summed E-state index contributed by atoms with van der Waals surface area (Å²) in [5.41, 5.74) is 1.50. The van der Waals surface area contributed by atoms with E-state index >= 15 is 0 Å². The molecule has 0 N–H and O–H groups in total. The summed E-state index contributed by atoms with van der Waals surface area (Å²) in [4.78, 5) is 19.5. The Balaban J connectivity index is 0.000000245. The largest absolute Gasteiger partial charge is 2.00 e. The molecule has 0 fully saturated rings. The summed E-state index contributed by atoms with van der Waals surface area (Å²) in [5, 5.41) is 0. The molecule has 0 heterocycles. The molecule has 2 rings (SSSR count). The molecule has 15 heavy (non-hydrogen) atoms. The van der Waals surface area contributed by atoms with Gasteiger partial charge in [-0.05, 0) is 25.4 Å². The van der Waals surface area contributed by atoms with Crippen molar-refractivity contribution in [3.63, 3.8) is 0 Å². The van der Waals surface area contributed by atoms with E-state index in [0.29, 0.717) is 0 Å². The average molecular weight is 245 g/mol. The summed E-state index contributed by atoms with van der Waals surface area (Å²) >= 11 is 0. The first-order chi connectivity index (χ1) is 6.86. The van der Waals surface area contributed by atoms with Crippen molar-refractivity contribution in [1.82, 2.24) is 0 Å². The van der Waals surface area contributed by atoms with E-state index in [1.54, 1.807) is 12.2 Å². The van der Waals surface area contributed by atoms with E-state index in [-0.39, 0.29) is 16.5 Å². The van der Waals surface area contributed by atoms with Gasteiger partial charge in [0.25, 0.3) is 0 Å². The maximum absolute atomic E-state index is 9.77. The van der Waals surface area contributed by atoms with Crippen LogP contribution in [0.25, 0.3) is 0 Å². The van der Waals surface area contributed by atoms with Crippen molar-refractivity contribution in [2.45, 2.75) is 12.8 Å². The molecule has 0 radical (unpaired) electrons. The fourth-order valence-electron chi connectivity index (χ4n) is 1.05. The van der Waals surface area contributed by atoms with Gasteiger partial charge in [0.1, 0.15) is 0 Å². The molecule has 80 valence electrons. The second-order valence-electron chi connectivity index (χ2n) is 2.85. The van der Waals surface area contributed by atoms with E-state index in [1.807, 2.05) is 36.9 Å². The summed E-state index contributed by atoms with van der Waals surface area (Å²) in [7, 11) is 0. The predicted molar refractivity (Wildman–Crippen MR) is 55.1 cm³/mol. The van der Waals surface area contributed by atoms with Gasteiger partial charge < -0.3 is 9.59 Å². The van der Waals surface area contributed by atoms with Gasteiger partial charge in [-0.3, -0.25) is 0 Å². The fourth-order valence-corrected chi connectivity index (χ4v) is 1.05. The van der Waals surface area contributed by atoms with Crippen molar-refractivity contribution in [3.8, 4) is 0 Å². The van der Waals surface area contributed by atoms with Crippen LogP contribution in [0.1, 0.15) is 12.8 Å². The van der Waals surface area contributed by atoms with Gasteiger partial charge in [-0.25, -0.2) is 12.2 Å². The van der Waals surface area contributed by atoms with Crippen LogP contribution in [0, 0.1) is 0 Å². The number of carbonyl (C=O) groups excluding carboxylic acids is 2. The molecular weight excluding hydrogens is 235 g/mol. The fraction of sp³-hybridized carbons (Fsp3) is 0.167. The molecule has 2 nitrogen and oxygen atoms in total. The molecule has 2 aliphatic rings. The van der Waals surface area contributed by atoms with E-state index in [2.05, 4.69) is 0 Å². The van der Waals surface area contributed by atoms with E-state index < -0.39 is 0 Å². The van der Waals surface area contributed by atoms with E-state index in [4.69, 9.17) is 0 Å². The maximum atomic E-state index is 9.77. The number of rotatable bonds is 2. The normalized spacial score (nSPS) is 15.7. The third kappa shape index (κ3) is 5.28. The standard InChI is InChI=1S/2C6H5O.Ni/c2*7-5-6-3-1-2-4-6;/h2*1-3H,4H2;/q2*-1;+2. The smallest absolute Gasteiger partial charge is 0.419 e. The van der Waals surface area contributed by atoms with Crippen LogP contribution in [0.15, 0.2) is 47.6 Å². The van der Waals surface area contributed by atoms with Gasteiger partial charge in [-0.1, -0.05) is 0 Å². The Morgan fingerprint density at radius 2 is 1.27 bits per heavy atom. The maximum Gasteiger partial charge on any atom is 2.00 e. The first-order valence-electron chi connectivity index (χ1n) is 4.34. The van der Waals surface area contributed by atoms with Crippen molar-refractivity contribution in [3.05, 3.63) is 47.6 Å². The van der Waals surface area contributed by atoms with E-state index in [0.717, 1.165) is 24.0 Å². The minimum Gasteiger partial charge on any atom is -0.419 e. The third-order valence-electron chi connectivity index (χ3n) is 1.80. The van der Waals surface area contributed by atoms with E-state index in [1.165, 1.54) is 0 Å². The summed E-state index contributed by atoms with van der Waals surface area (Å²) in [6.07, 6.45) is 16.3. The van der Waals surface area contributed by atoms with Crippen molar-refractivity contribution in [1.29, 1.82) is 0 Å². The number of hydrogen-bond donors (Lipinski definition) is 0. The first-order valence-corrected chi connectivity index (χ1v) is 4.34. The first kappa shape index (κ1) is 13.8. The molecule has 0 amide bonds. The number of hydrogen-bond acceptors (Lipinski definition) is 2. The van der Waals surface area contributed by atoms with Crippen LogP contribution in [-0.2, 0) is 26.1 Å². The summed E-state index contributed by atoms with van der Waals surface area (Å²) in [6, 6.07) is 0. The minimum atomic E-state index is 0. The third-order valence-corrected chi connectivity index (χ3v) is 1.80. The van der Waals surface area contributed by atoms with Crippen LogP contribution < -0.4 is 0 Å². The molecule has 0 aromatic carbocycles. The molecule has 0 spiro atoms. The second-order valence-corrected chi connectivity index (χ2v) is 2.85. The van der Waals surface area contributed by atoms with E-state index in [9.17, 15) is 9.59 Å². The van der Waals surface area contributed by atoms with Gasteiger partial charge in [-0.15, -0.1) is 24.3 Å². The van der Waals surface area contributed by atoms with Crippen molar-refractivity contribution in [2.24, 2.45) is 0 Å². The van der Waals surface area contributed by atoms with Crippen LogP contribution >= 0.6 is 0 Å². The predicted octanol–water partition coefficient (Wildman–Crippen LogP) is 1.96. The zero-order chi connectivity index (χ0) is 10.2. The zero-order valence-electron chi connectivity index (χ0n) is 8.01. The monoisotopic (exact) mass is 244 g/mol. The molecule has 3 heteroatoms. The summed E-state index contributed by atoms with van der Waals surface area (Å²) < 4.78 is 0. The molecule has 0 unspecified atom stereocenters. The SMILES string of the molecule is O=[C-]C1=CC=CC1.O=[C-]C1=CC=CC1.[Ni+2]. The van der Waals surface area contributed by atoms with Gasteiger partial charge in [0.05, 0.1) is 0 Å². The Hall–Kier alpha value is -1.21. The van der Waals surface area contributed by atoms with Crippen LogP contribution in [-0.4, -0.2) is 12.6 Å². The Labute approximate surface area is 99.4 Å². The van der Waals surface area contributed by atoms with Crippen LogP contribution in [0.2, 0.25) is 0 Å². The topological polar surface area (TPSA) is 34.1 Å². The average Bonchev–Trinajstić information content (AvgIpc) is 2.92. The van der Waals surface area contributed by atoms with Crippen LogP contribution in [0.4, 0.5) is 0 Å². The number of allylic oxidation sites excluding steroid dienone is 8. The Kier molecular flexibility index (Phi) is 7.48. The Morgan fingerprint density at radius 1 is 0.867 bits per heavy atom. The summed E-state index contributed by atoms with van der Waals surface area (Å²) in [5.74, 6) is 0. The van der Waals surface area contributed by atoms with Crippen LogP contribution in [0.5, 0.6) is 0 Å². The van der Waals surface area contributed by atoms with Gasteiger partial charge in [0.15, 0.2) is 0 Å². The van der Waals surface area contributed by atoms with Crippen molar-refractivity contribution < 1.29 is 26.1 Å². The summed E-state index contributed by atoms with van der Waals surface area (Å²) in [6.45, 7) is 0. The quantitative estimate of drug-likeness (QED) is 0.550. The molecule has 0 atom stereocenters. The Bertz CT molecular complexity index is 302. The molecule has 0 aromatic heterocycles. The van der Waals surface area contributed by atoms with Crippen molar-refractivity contribution in [2.75, 3.05) is 0 Å². The zero-order valence-corrected chi connectivity index (χ0v) is 9.00. The van der Waals surface area contributed by atoms with Crippen molar-refractivity contribution >= 4 is 12.6 Å². The molecule has 2 aliphatic carbocycles. The molecule has 0 aliphatic heterocycles. The molecule has 0 bridgehead atoms. The molecule has 0 saturated heterocycles. The molecular formula is C12H10NiO2. The van der Waals surface area contributed by atoms with Gasteiger partial charge in [0.2, 0.25) is 0 Å². The van der Waals surface area contributed by atoms with Crippen LogP contribution in [0.3, 0.4) is 0 Å². The molecule has 0 saturated carbocycles. The Morgan fingerprint density at radius 3 is 1.40 bits per heavy atom. The minimum absolute atomic E-state index is 0. The van der Waals surface area contributed by atoms with Gasteiger partial charge in [0, 0.05) is 0 Å². The second kappa shape index (κ2) is 8.13.